The minimum Gasteiger partial charge on any atom is -0.468 e. The van der Waals surface area contributed by atoms with Gasteiger partial charge in [0, 0.05) is 12.1 Å². The van der Waals surface area contributed by atoms with Crippen molar-refractivity contribution in [2.45, 2.75) is 26.4 Å². The fourth-order valence-electron chi connectivity index (χ4n) is 1.85. The van der Waals surface area contributed by atoms with Crippen LogP contribution in [0.1, 0.15) is 24.7 Å². The van der Waals surface area contributed by atoms with Crippen LogP contribution in [-0.4, -0.2) is 43.5 Å². The third-order valence-electron chi connectivity index (χ3n) is 2.95. The second kappa shape index (κ2) is 7.48. The van der Waals surface area contributed by atoms with Gasteiger partial charge in [0.25, 0.3) is 0 Å². The Hall–Kier alpha value is -0.840. The standard InChI is InChI=1S/C13H25N3O/c1-4-16(8-5-7-15(2)3)11-13-12(10-14)6-9-17-13/h6,9H,4-5,7-8,10-11,14H2,1-3H3. The highest BCUT2D eigenvalue weighted by Gasteiger charge is 2.09. The van der Waals surface area contributed by atoms with Gasteiger partial charge in [0.2, 0.25) is 0 Å². The van der Waals surface area contributed by atoms with Crippen molar-refractivity contribution in [1.82, 2.24) is 9.80 Å². The molecule has 0 bridgehead atoms. The van der Waals surface area contributed by atoms with Crippen LogP contribution in [-0.2, 0) is 13.1 Å². The maximum Gasteiger partial charge on any atom is 0.122 e. The van der Waals surface area contributed by atoms with Gasteiger partial charge in [-0.3, -0.25) is 4.90 Å². The Bertz CT molecular complexity index is 309. The van der Waals surface area contributed by atoms with Crippen LogP contribution >= 0.6 is 0 Å². The van der Waals surface area contributed by atoms with Crippen LogP contribution in [0.3, 0.4) is 0 Å². The zero-order chi connectivity index (χ0) is 12.7. The molecule has 1 rings (SSSR count). The van der Waals surface area contributed by atoms with E-state index in [4.69, 9.17) is 10.2 Å². The maximum atomic E-state index is 5.67. The van der Waals surface area contributed by atoms with Crippen LogP contribution in [0.15, 0.2) is 16.7 Å². The molecule has 1 heterocycles. The van der Waals surface area contributed by atoms with Crippen LogP contribution < -0.4 is 5.73 Å². The van der Waals surface area contributed by atoms with E-state index in [0.29, 0.717) is 6.54 Å². The van der Waals surface area contributed by atoms with Crippen molar-refractivity contribution in [1.29, 1.82) is 0 Å². The molecule has 17 heavy (non-hydrogen) atoms. The highest BCUT2D eigenvalue weighted by atomic mass is 16.3. The summed E-state index contributed by atoms with van der Waals surface area (Å²) in [4.78, 5) is 4.60. The molecule has 2 N–H and O–H groups in total. The third kappa shape index (κ3) is 4.89. The van der Waals surface area contributed by atoms with Crippen molar-refractivity contribution in [2.24, 2.45) is 5.73 Å². The van der Waals surface area contributed by atoms with Crippen molar-refractivity contribution in [3.8, 4) is 0 Å². The van der Waals surface area contributed by atoms with E-state index in [1.165, 1.54) is 6.42 Å². The molecule has 1 aromatic rings. The molecule has 98 valence electrons. The zero-order valence-corrected chi connectivity index (χ0v) is 11.3. The van der Waals surface area contributed by atoms with Gasteiger partial charge in [-0.05, 0) is 46.2 Å². The number of rotatable bonds is 8. The molecule has 0 saturated carbocycles. The Labute approximate surface area is 104 Å². The molecule has 0 spiro atoms. The number of nitrogens with two attached hydrogens (primary N) is 1. The molecule has 4 heteroatoms. The Morgan fingerprint density at radius 1 is 1.29 bits per heavy atom. The van der Waals surface area contributed by atoms with E-state index in [2.05, 4.69) is 30.8 Å². The first-order chi connectivity index (χ1) is 8.17. The molecule has 1 aromatic heterocycles. The fraction of sp³-hybridized carbons (Fsp3) is 0.692. The fourth-order valence-corrected chi connectivity index (χ4v) is 1.85. The maximum absolute atomic E-state index is 5.67. The van der Waals surface area contributed by atoms with E-state index in [1.54, 1.807) is 6.26 Å². The van der Waals surface area contributed by atoms with Gasteiger partial charge >= 0.3 is 0 Å². The highest BCUT2D eigenvalue weighted by molar-refractivity contribution is 5.16. The average Bonchev–Trinajstić information content (AvgIpc) is 2.74. The smallest absolute Gasteiger partial charge is 0.122 e. The van der Waals surface area contributed by atoms with Gasteiger partial charge in [-0.25, -0.2) is 0 Å². The number of furan rings is 1. The molecular formula is C13H25N3O. The lowest BCUT2D eigenvalue weighted by Crippen LogP contribution is -2.27. The van der Waals surface area contributed by atoms with E-state index in [9.17, 15) is 0 Å². The first-order valence-corrected chi connectivity index (χ1v) is 6.29. The molecule has 0 amide bonds. The molecule has 0 fully saturated rings. The summed E-state index contributed by atoms with van der Waals surface area (Å²) < 4.78 is 5.48. The number of hydrogen-bond donors (Lipinski definition) is 1. The van der Waals surface area contributed by atoms with Crippen LogP contribution in [0.2, 0.25) is 0 Å². The molecule has 0 aliphatic carbocycles. The van der Waals surface area contributed by atoms with Crippen LogP contribution in [0.25, 0.3) is 0 Å². The molecule has 4 nitrogen and oxygen atoms in total. The molecular weight excluding hydrogens is 214 g/mol. The molecule has 0 radical (unpaired) electrons. The summed E-state index contributed by atoms with van der Waals surface area (Å²) >= 11 is 0. The molecule has 0 aliphatic rings. The van der Waals surface area contributed by atoms with Crippen LogP contribution in [0.5, 0.6) is 0 Å². The van der Waals surface area contributed by atoms with Gasteiger partial charge < -0.3 is 15.1 Å². The van der Waals surface area contributed by atoms with Gasteiger partial charge in [0.15, 0.2) is 0 Å². The average molecular weight is 239 g/mol. The van der Waals surface area contributed by atoms with Crippen molar-refractivity contribution in [3.05, 3.63) is 23.7 Å². The normalized spacial score (nSPS) is 11.6. The molecule has 0 aliphatic heterocycles. The Morgan fingerprint density at radius 2 is 2.06 bits per heavy atom. The summed E-state index contributed by atoms with van der Waals surface area (Å²) in [6.45, 7) is 6.86. The molecule has 0 saturated heterocycles. The van der Waals surface area contributed by atoms with E-state index in [0.717, 1.165) is 37.5 Å². The topological polar surface area (TPSA) is 45.6 Å². The Kier molecular flexibility index (Phi) is 6.26. The summed E-state index contributed by atoms with van der Waals surface area (Å²) in [5.41, 5.74) is 6.79. The molecule has 0 aromatic carbocycles. The van der Waals surface area contributed by atoms with Gasteiger partial charge in [0.05, 0.1) is 12.8 Å². The molecule has 0 unspecified atom stereocenters. The summed E-state index contributed by atoms with van der Waals surface area (Å²) in [5.74, 6) is 1.01. The van der Waals surface area contributed by atoms with Crippen molar-refractivity contribution >= 4 is 0 Å². The van der Waals surface area contributed by atoms with Crippen molar-refractivity contribution in [2.75, 3.05) is 33.7 Å². The Morgan fingerprint density at radius 3 is 2.65 bits per heavy atom. The minimum absolute atomic E-state index is 0.557. The quantitative estimate of drug-likeness (QED) is 0.747. The monoisotopic (exact) mass is 239 g/mol. The molecule has 0 atom stereocenters. The summed E-state index contributed by atoms with van der Waals surface area (Å²) in [7, 11) is 4.21. The predicted molar refractivity (Wildman–Crippen MR) is 70.7 cm³/mol. The van der Waals surface area contributed by atoms with E-state index < -0.39 is 0 Å². The second-order valence-corrected chi connectivity index (χ2v) is 4.60. The van der Waals surface area contributed by atoms with Crippen molar-refractivity contribution < 1.29 is 4.42 Å². The highest BCUT2D eigenvalue weighted by Crippen LogP contribution is 2.12. The van der Waals surface area contributed by atoms with Crippen LogP contribution in [0, 0.1) is 0 Å². The SMILES string of the molecule is CCN(CCCN(C)C)Cc1occc1CN. The van der Waals surface area contributed by atoms with Crippen molar-refractivity contribution in [3.63, 3.8) is 0 Å². The summed E-state index contributed by atoms with van der Waals surface area (Å²) in [5, 5.41) is 0. The largest absolute Gasteiger partial charge is 0.468 e. The number of nitrogens with zero attached hydrogens (tertiary/aromatic N) is 2. The van der Waals surface area contributed by atoms with E-state index in [-0.39, 0.29) is 0 Å². The second-order valence-electron chi connectivity index (χ2n) is 4.60. The zero-order valence-electron chi connectivity index (χ0n) is 11.3. The van der Waals surface area contributed by atoms with Gasteiger partial charge in [-0.2, -0.15) is 0 Å². The van der Waals surface area contributed by atoms with Gasteiger partial charge in [-0.1, -0.05) is 6.92 Å². The van der Waals surface area contributed by atoms with Crippen LogP contribution in [0.4, 0.5) is 0 Å². The minimum atomic E-state index is 0.557. The predicted octanol–water partition coefficient (Wildman–Crippen LogP) is 1.51. The van der Waals surface area contributed by atoms with Gasteiger partial charge in [-0.15, -0.1) is 0 Å². The third-order valence-corrected chi connectivity index (χ3v) is 2.95. The summed E-state index contributed by atoms with van der Waals surface area (Å²) in [6.07, 6.45) is 2.91. The first kappa shape index (κ1) is 14.2. The van der Waals surface area contributed by atoms with E-state index in [1.807, 2.05) is 6.07 Å². The summed E-state index contributed by atoms with van der Waals surface area (Å²) in [6, 6.07) is 1.96. The lowest BCUT2D eigenvalue weighted by Gasteiger charge is -2.20. The Balaban J connectivity index is 2.41. The first-order valence-electron chi connectivity index (χ1n) is 6.29. The number of hydrogen-bond acceptors (Lipinski definition) is 4. The van der Waals surface area contributed by atoms with Gasteiger partial charge in [0.1, 0.15) is 5.76 Å². The van der Waals surface area contributed by atoms with E-state index >= 15 is 0 Å². The lowest BCUT2D eigenvalue weighted by molar-refractivity contribution is 0.239. The lowest BCUT2D eigenvalue weighted by atomic mass is 10.2.